The number of urea groups is 1. The van der Waals surface area contributed by atoms with Crippen LogP contribution in [0, 0.1) is 5.82 Å². The highest BCUT2D eigenvalue weighted by molar-refractivity contribution is 7.15. The van der Waals surface area contributed by atoms with Crippen LogP contribution in [0.2, 0.25) is 0 Å². The van der Waals surface area contributed by atoms with Gasteiger partial charge in [0.15, 0.2) is 4.96 Å². The number of nitrogens with one attached hydrogen (secondary N) is 1. The number of nitrogens with zero attached hydrogens (tertiary/aromatic N) is 3. The van der Waals surface area contributed by atoms with Gasteiger partial charge in [0.2, 0.25) is 5.91 Å². The number of fused-ring (bicyclic) bond motifs is 1. The third-order valence-electron chi connectivity index (χ3n) is 3.96. The Morgan fingerprint density at radius 2 is 2.08 bits per heavy atom. The first-order valence-corrected chi connectivity index (χ1v) is 8.25. The summed E-state index contributed by atoms with van der Waals surface area (Å²) in [6, 6.07) is 4.88. The number of halogens is 1. The molecule has 0 spiro atoms. The van der Waals surface area contributed by atoms with Crippen molar-refractivity contribution in [3.63, 3.8) is 0 Å². The summed E-state index contributed by atoms with van der Waals surface area (Å²) in [7, 11) is 0. The van der Waals surface area contributed by atoms with Crippen LogP contribution in [0.15, 0.2) is 42.0 Å². The fourth-order valence-corrected chi connectivity index (χ4v) is 3.47. The zero-order valence-corrected chi connectivity index (χ0v) is 13.3. The van der Waals surface area contributed by atoms with Gasteiger partial charge in [0.25, 0.3) is 0 Å². The topological polar surface area (TPSA) is 66.7 Å². The fraction of sp³-hybridized carbons (Fsp3) is 0.188. The third kappa shape index (κ3) is 2.65. The van der Waals surface area contributed by atoms with Gasteiger partial charge < -0.3 is 5.32 Å². The van der Waals surface area contributed by atoms with E-state index in [1.807, 2.05) is 16.0 Å². The monoisotopic (exact) mass is 344 g/mol. The lowest BCUT2D eigenvalue weighted by molar-refractivity contribution is -0.130. The first-order valence-electron chi connectivity index (χ1n) is 7.37. The summed E-state index contributed by atoms with van der Waals surface area (Å²) in [5.74, 6) is -0.627. The molecule has 2 aromatic heterocycles. The van der Waals surface area contributed by atoms with Crippen molar-refractivity contribution >= 4 is 28.2 Å². The van der Waals surface area contributed by atoms with Crippen LogP contribution in [0.25, 0.3) is 4.96 Å². The number of hydrogen-bond acceptors (Lipinski definition) is 4. The summed E-state index contributed by atoms with van der Waals surface area (Å²) in [5.41, 5.74) is 1.37. The summed E-state index contributed by atoms with van der Waals surface area (Å²) in [6.07, 6.45) is 3.82. The van der Waals surface area contributed by atoms with Gasteiger partial charge in [0.05, 0.1) is 24.7 Å². The van der Waals surface area contributed by atoms with Crippen LogP contribution >= 0.6 is 11.3 Å². The number of carbonyl (C=O) groups is 2. The zero-order chi connectivity index (χ0) is 16.7. The maximum absolute atomic E-state index is 13.0. The van der Waals surface area contributed by atoms with Gasteiger partial charge in [-0.3, -0.25) is 14.1 Å². The molecule has 1 atom stereocenters. The minimum Gasteiger partial charge on any atom is -0.330 e. The number of carbonyl (C=O) groups excluding carboxylic acids is 2. The van der Waals surface area contributed by atoms with Crippen molar-refractivity contribution in [3.8, 4) is 0 Å². The van der Waals surface area contributed by atoms with Gasteiger partial charge in [-0.1, -0.05) is 12.1 Å². The fourth-order valence-electron chi connectivity index (χ4n) is 2.75. The number of rotatable bonds is 3. The van der Waals surface area contributed by atoms with E-state index in [1.54, 1.807) is 18.3 Å². The number of benzene rings is 1. The van der Waals surface area contributed by atoms with Crippen LogP contribution in [-0.4, -0.2) is 26.2 Å². The first kappa shape index (κ1) is 14.8. The Balaban J connectivity index is 1.50. The second-order valence-electron chi connectivity index (χ2n) is 5.56. The van der Waals surface area contributed by atoms with Gasteiger partial charge in [-0.2, -0.15) is 0 Å². The number of aromatic nitrogens is 2. The van der Waals surface area contributed by atoms with Gasteiger partial charge in [-0.05, 0) is 17.7 Å². The van der Waals surface area contributed by atoms with Gasteiger partial charge in [0.1, 0.15) is 5.82 Å². The molecule has 1 unspecified atom stereocenters. The van der Waals surface area contributed by atoms with E-state index in [-0.39, 0.29) is 24.7 Å². The Bertz CT molecular complexity index is 871. The molecule has 1 saturated heterocycles. The first-order chi connectivity index (χ1) is 11.6. The normalized spacial score (nSPS) is 18.2. The molecule has 1 fully saturated rings. The second-order valence-corrected chi connectivity index (χ2v) is 6.44. The van der Waals surface area contributed by atoms with Crippen molar-refractivity contribution in [2.24, 2.45) is 0 Å². The van der Waals surface area contributed by atoms with Crippen molar-refractivity contribution in [2.45, 2.75) is 19.0 Å². The van der Waals surface area contributed by atoms with E-state index in [4.69, 9.17) is 0 Å². The Morgan fingerprint density at radius 3 is 2.79 bits per heavy atom. The minimum absolute atomic E-state index is 0.134. The molecule has 8 heteroatoms. The molecule has 4 rings (SSSR count). The summed E-state index contributed by atoms with van der Waals surface area (Å²) in [6.45, 7) is 0.134. The maximum atomic E-state index is 13.0. The number of thiazole rings is 1. The maximum Gasteiger partial charge on any atom is 0.324 e. The van der Waals surface area contributed by atoms with E-state index in [2.05, 4.69) is 10.3 Å². The largest absolute Gasteiger partial charge is 0.330 e. The van der Waals surface area contributed by atoms with Crippen LogP contribution < -0.4 is 5.32 Å². The molecule has 0 bridgehead atoms. The highest BCUT2D eigenvalue weighted by atomic mass is 32.1. The quantitative estimate of drug-likeness (QED) is 0.794. The summed E-state index contributed by atoms with van der Waals surface area (Å²) in [5, 5.41) is 4.71. The number of imide groups is 1. The van der Waals surface area contributed by atoms with E-state index in [0.717, 1.165) is 9.86 Å². The van der Waals surface area contributed by atoms with Crippen LogP contribution in [0.5, 0.6) is 0 Å². The van der Waals surface area contributed by atoms with Crippen molar-refractivity contribution < 1.29 is 14.0 Å². The molecular formula is C16H13FN4O2S. The molecule has 1 aromatic carbocycles. The molecular weight excluding hydrogens is 331 g/mol. The van der Waals surface area contributed by atoms with Gasteiger partial charge in [0, 0.05) is 17.8 Å². The molecule has 1 N–H and O–H groups in total. The Hall–Kier alpha value is -2.74. The van der Waals surface area contributed by atoms with E-state index < -0.39 is 12.1 Å². The number of hydrogen-bond donors (Lipinski definition) is 1. The van der Waals surface area contributed by atoms with E-state index in [1.165, 1.54) is 23.5 Å². The highest BCUT2D eigenvalue weighted by Crippen LogP contribution is 2.24. The van der Waals surface area contributed by atoms with Crippen molar-refractivity contribution in [3.05, 3.63) is 59.1 Å². The Labute approximate surface area is 140 Å². The average molecular weight is 344 g/mol. The third-order valence-corrected chi connectivity index (χ3v) is 4.73. The van der Waals surface area contributed by atoms with Crippen molar-refractivity contribution in [1.29, 1.82) is 0 Å². The molecule has 1 aliphatic heterocycles. The second kappa shape index (κ2) is 5.72. The van der Waals surface area contributed by atoms with Gasteiger partial charge >= 0.3 is 6.03 Å². The molecule has 0 aliphatic carbocycles. The van der Waals surface area contributed by atoms with Crippen molar-refractivity contribution in [1.82, 2.24) is 19.6 Å². The lowest BCUT2D eigenvalue weighted by atomic mass is 10.0. The smallest absolute Gasteiger partial charge is 0.324 e. The predicted molar refractivity (Wildman–Crippen MR) is 85.9 cm³/mol. The molecule has 0 radical (unpaired) electrons. The Morgan fingerprint density at radius 1 is 1.29 bits per heavy atom. The molecule has 3 heterocycles. The predicted octanol–water partition coefficient (Wildman–Crippen LogP) is 2.72. The van der Waals surface area contributed by atoms with E-state index in [9.17, 15) is 14.0 Å². The minimum atomic E-state index is -0.461. The van der Waals surface area contributed by atoms with Crippen molar-refractivity contribution in [2.75, 3.05) is 0 Å². The molecule has 122 valence electrons. The highest BCUT2D eigenvalue weighted by Gasteiger charge is 2.33. The van der Waals surface area contributed by atoms with E-state index in [0.29, 0.717) is 11.3 Å². The summed E-state index contributed by atoms with van der Waals surface area (Å²) >= 11 is 1.49. The number of imidazole rings is 1. The molecule has 24 heavy (non-hydrogen) atoms. The van der Waals surface area contributed by atoms with Gasteiger partial charge in [-0.15, -0.1) is 11.3 Å². The number of amides is 3. The SMILES string of the molecule is O=C1CC(c2ccc(F)cc2)NC(=O)N1Cc1cn2ccsc2n1. The van der Waals surface area contributed by atoms with Crippen LogP contribution in [-0.2, 0) is 11.3 Å². The molecule has 6 nitrogen and oxygen atoms in total. The molecule has 3 aromatic rings. The Kier molecular flexibility index (Phi) is 3.53. The standard InChI is InChI=1S/C16H13FN4O2S/c17-11-3-1-10(2-4-11)13-7-14(22)21(15(23)19-13)9-12-8-20-5-6-24-16(20)18-12/h1-6,8,13H,7,9H2,(H,19,23). The van der Waals surface area contributed by atoms with Crippen LogP contribution in [0.4, 0.5) is 9.18 Å². The lowest BCUT2D eigenvalue weighted by Crippen LogP contribution is -2.50. The molecule has 0 saturated carbocycles. The molecule has 1 aliphatic rings. The summed E-state index contributed by atoms with van der Waals surface area (Å²) in [4.78, 5) is 31.0. The van der Waals surface area contributed by atoms with Crippen LogP contribution in [0.1, 0.15) is 23.7 Å². The lowest BCUT2D eigenvalue weighted by Gasteiger charge is -2.31. The average Bonchev–Trinajstić information content (AvgIpc) is 3.12. The molecule has 3 amide bonds. The zero-order valence-electron chi connectivity index (χ0n) is 12.5. The van der Waals surface area contributed by atoms with Crippen LogP contribution in [0.3, 0.4) is 0 Å². The summed E-state index contributed by atoms with van der Waals surface area (Å²) < 4.78 is 14.9. The van der Waals surface area contributed by atoms with E-state index >= 15 is 0 Å². The van der Waals surface area contributed by atoms with Gasteiger partial charge in [-0.25, -0.2) is 14.2 Å².